The fraction of sp³-hybridized carbons (Fsp3) is 0. The van der Waals surface area contributed by atoms with Crippen LogP contribution in [0, 0.1) is 11.3 Å². The standard InChI is InChI=1S/C14H10N2O.Li/c15-9-11-5-7-13(8-6-11)16-10-12-3-1-2-4-14(12)17;/h1-8,10,17H;/q;+1. The number of para-hydroxylation sites is 1. The van der Waals surface area contributed by atoms with Crippen molar-refractivity contribution in [3.63, 3.8) is 0 Å². The Balaban J connectivity index is 0.00000162. The summed E-state index contributed by atoms with van der Waals surface area (Å²) in [4.78, 5) is 3.02. The molecule has 3 nitrogen and oxygen atoms in total. The van der Waals surface area contributed by atoms with Crippen molar-refractivity contribution in [3.05, 3.63) is 59.7 Å². The van der Waals surface area contributed by atoms with Crippen LogP contribution in [0.25, 0.3) is 0 Å². The van der Waals surface area contributed by atoms with Crippen molar-refractivity contribution < 1.29 is 29.0 Å². The van der Waals surface area contributed by atoms with Crippen molar-refractivity contribution in [1.29, 1.82) is 5.26 Å². The van der Waals surface area contributed by atoms with Gasteiger partial charge in [0.15, 0.2) is 6.21 Å². The maximum absolute atomic E-state index is 11.4. The predicted octanol–water partition coefficient (Wildman–Crippen LogP) is -2.53. The maximum atomic E-state index is 11.4. The van der Waals surface area contributed by atoms with Crippen LogP contribution in [0.5, 0.6) is 5.75 Å². The molecule has 0 saturated heterocycles. The van der Waals surface area contributed by atoms with Gasteiger partial charge in [0.05, 0.1) is 11.6 Å². The van der Waals surface area contributed by atoms with E-state index in [1.165, 1.54) is 6.07 Å². The summed E-state index contributed by atoms with van der Waals surface area (Å²) in [5, 5.41) is 20.1. The average Bonchev–Trinajstić information content (AvgIpc) is 2.38. The summed E-state index contributed by atoms with van der Waals surface area (Å²) in [5.41, 5.74) is 2.06. The van der Waals surface area contributed by atoms with E-state index in [4.69, 9.17) is 5.26 Å². The third-order valence-electron chi connectivity index (χ3n) is 2.33. The minimum Gasteiger partial charge on any atom is -0.872 e. The smallest absolute Gasteiger partial charge is 0.872 e. The summed E-state index contributed by atoms with van der Waals surface area (Å²) < 4.78 is 0. The monoisotopic (exact) mass is 229 g/mol. The Bertz CT molecular complexity index is 585. The van der Waals surface area contributed by atoms with E-state index in [1.807, 2.05) is 12.1 Å². The number of hydrogen-bond donors (Lipinski definition) is 1. The van der Waals surface area contributed by atoms with Crippen LogP contribution in [0.4, 0.5) is 5.69 Å². The van der Waals surface area contributed by atoms with Gasteiger partial charge in [-0.2, -0.15) is 5.26 Å². The molecule has 0 fully saturated rings. The summed E-state index contributed by atoms with van der Waals surface area (Å²) in [5.74, 6) is -0.0198. The molecule has 4 heteroatoms. The molecule has 0 saturated carbocycles. The molecule has 2 aromatic rings. The fourth-order valence-electron chi connectivity index (χ4n) is 1.40. The number of benzene rings is 2. The quantitative estimate of drug-likeness (QED) is 0.456. The van der Waals surface area contributed by atoms with Crippen LogP contribution < -0.4 is 29.0 Å². The summed E-state index contributed by atoms with van der Waals surface area (Å²) >= 11 is 0. The van der Waals surface area contributed by atoms with E-state index in [9.17, 15) is 5.11 Å². The van der Waals surface area contributed by atoms with Crippen molar-refractivity contribution in [1.82, 2.24) is 0 Å². The number of rotatable bonds is 2. The van der Waals surface area contributed by atoms with E-state index < -0.39 is 0 Å². The molecule has 2 aromatic carbocycles. The number of nitrogens with zero attached hydrogens (tertiary/aromatic N) is 1. The first-order valence-corrected chi connectivity index (χ1v) is 5.15. The third-order valence-corrected chi connectivity index (χ3v) is 2.33. The van der Waals surface area contributed by atoms with Gasteiger partial charge in [0.25, 0.3) is 0 Å². The van der Waals surface area contributed by atoms with E-state index in [2.05, 4.69) is 4.99 Å². The molecule has 1 N–H and O–H groups in total. The minimum absolute atomic E-state index is 0. The third kappa shape index (κ3) is 3.50. The van der Waals surface area contributed by atoms with Gasteiger partial charge in [-0.15, -0.1) is 0 Å². The Morgan fingerprint density at radius 1 is 1.06 bits per heavy atom. The molecule has 82 valence electrons. The molecule has 2 rings (SSSR count). The Kier molecular flexibility index (Phi) is 5.21. The molecule has 0 spiro atoms. The molecule has 0 heterocycles. The van der Waals surface area contributed by atoms with Crippen LogP contribution in [0.3, 0.4) is 0 Å². The summed E-state index contributed by atoms with van der Waals surface area (Å²) in [6.07, 6.45) is 1.66. The number of hydrogen-bond acceptors (Lipinski definition) is 2. The topological polar surface area (TPSA) is 60.8 Å². The van der Waals surface area contributed by atoms with Crippen molar-refractivity contribution in [2.24, 2.45) is 0 Å². The summed E-state index contributed by atoms with van der Waals surface area (Å²) in [6, 6.07) is 15.9. The second kappa shape index (κ2) is 6.66. The molecular weight excluding hydrogens is 219 g/mol. The van der Waals surface area contributed by atoms with E-state index in [0.29, 0.717) is 11.1 Å². The first-order valence-electron chi connectivity index (χ1n) is 5.15. The molecule has 0 amide bonds. The number of nitriles is 1. The van der Waals surface area contributed by atoms with E-state index in [-0.39, 0.29) is 24.6 Å². The molecule has 18 heavy (non-hydrogen) atoms. The van der Waals surface area contributed by atoms with Crippen molar-refractivity contribution in [2.75, 3.05) is 0 Å². The van der Waals surface area contributed by atoms with Crippen LogP contribution in [-0.2, 0) is 0 Å². The first kappa shape index (κ1) is 14.1. The normalized spacial score (nSPS) is 9.72. The molecule has 0 radical (unpaired) electrons. The average molecular weight is 229 g/mol. The fourth-order valence-corrected chi connectivity index (χ4v) is 1.40. The first-order chi connectivity index (χ1) is 8.29. The van der Waals surface area contributed by atoms with Crippen molar-refractivity contribution in [3.8, 4) is 11.8 Å². The SMILES string of the molecule is N#Cc1ccc([NH+]=Cc2ccccc2[O-])cc1.[Li+]. The van der Waals surface area contributed by atoms with Gasteiger partial charge in [-0.3, -0.25) is 0 Å². The Labute approximate surface area is 118 Å². The largest absolute Gasteiger partial charge is 1.00 e. The van der Waals surface area contributed by atoms with Gasteiger partial charge in [0, 0.05) is 17.7 Å². The maximum Gasteiger partial charge on any atom is 1.00 e. The molecule has 0 aliphatic rings. The molecule has 0 aliphatic carbocycles. The number of nitrogens with one attached hydrogen (secondary N) is 1. The predicted molar refractivity (Wildman–Crippen MR) is 62.8 cm³/mol. The van der Waals surface area contributed by atoms with E-state index in [0.717, 1.165) is 5.69 Å². The van der Waals surface area contributed by atoms with Gasteiger partial charge < -0.3 is 5.11 Å². The van der Waals surface area contributed by atoms with Gasteiger partial charge in [-0.1, -0.05) is 23.9 Å². The summed E-state index contributed by atoms with van der Waals surface area (Å²) in [7, 11) is 0. The zero-order valence-electron chi connectivity index (χ0n) is 10.1. The van der Waals surface area contributed by atoms with Crippen LogP contribution in [0.15, 0.2) is 48.5 Å². The zero-order chi connectivity index (χ0) is 12.1. The van der Waals surface area contributed by atoms with Crippen molar-refractivity contribution >= 4 is 11.9 Å². The van der Waals surface area contributed by atoms with Gasteiger partial charge in [-0.05, 0) is 18.2 Å². The van der Waals surface area contributed by atoms with Gasteiger partial charge in [0.1, 0.15) is 0 Å². The Morgan fingerprint density at radius 3 is 2.33 bits per heavy atom. The van der Waals surface area contributed by atoms with E-state index in [1.54, 1.807) is 42.6 Å². The van der Waals surface area contributed by atoms with Crippen LogP contribution in [0.2, 0.25) is 0 Å². The Morgan fingerprint density at radius 2 is 1.72 bits per heavy atom. The van der Waals surface area contributed by atoms with Gasteiger partial charge in [0.2, 0.25) is 5.69 Å². The molecule has 0 aliphatic heterocycles. The van der Waals surface area contributed by atoms with Crippen LogP contribution >= 0.6 is 0 Å². The molecule has 0 atom stereocenters. The second-order valence-corrected chi connectivity index (χ2v) is 3.52. The molecule has 0 unspecified atom stereocenters. The molecule has 0 bridgehead atoms. The van der Waals surface area contributed by atoms with E-state index >= 15 is 0 Å². The minimum atomic E-state index is -0.0198. The van der Waals surface area contributed by atoms with Gasteiger partial charge >= 0.3 is 18.9 Å². The second-order valence-electron chi connectivity index (χ2n) is 3.52. The van der Waals surface area contributed by atoms with Gasteiger partial charge in [-0.25, -0.2) is 4.99 Å². The van der Waals surface area contributed by atoms with Crippen LogP contribution in [0.1, 0.15) is 11.1 Å². The summed E-state index contributed by atoms with van der Waals surface area (Å²) in [6.45, 7) is 0. The van der Waals surface area contributed by atoms with Crippen molar-refractivity contribution in [2.45, 2.75) is 0 Å². The molecule has 0 aromatic heterocycles. The molecular formula is C14H10LiN2O+. The van der Waals surface area contributed by atoms with Crippen LogP contribution in [-0.4, -0.2) is 6.21 Å². The Hall–Kier alpha value is -2.00. The zero-order valence-corrected chi connectivity index (χ0v) is 10.1.